The molecule has 0 spiro atoms. The van der Waals surface area contributed by atoms with Gasteiger partial charge >= 0.3 is 0 Å². The van der Waals surface area contributed by atoms with Gasteiger partial charge in [-0.3, -0.25) is 4.90 Å². The fraction of sp³-hybridized carbons (Fsp3) is 0.692. The van der Waals surface area contributed by atoms with Crippen LogP contribution in [0.3, 0.4) is 0 Å². The highest BCUT2D eigenvalue weighted by atomic mass is 79.9. The zero-order valence-electron chi connectivity index (χ0n) is 11.4. The first kappa shape index (κ1) is 16.1. The van der Waals surface area contributed by atoms with Gasteiger partial charge in [0.05, 0.1) is 16.4 Å². The summed E-state index contributed by atoms with van der Waals surface area (Å²) < 4.78 is 6.36. The SMILES string of the molecule is COCCN(CC(C)C)C(CN)c1ccc(Br)s1. The highest BCUT2D eigenvalue weighted by molar-refractivity contribution is 9.11. The second-order valence-corrected chi connectivity index (χ2v) is 7.27. The van der Waals surface area contributed by atoms with Gasteiger partial charge in [0.25, 0.3) is 0 Å². The van der Waals surface area contributed by atoms with E-state index in [2.05, 4.69) is 46.8 Å². The summed E-state index contributed by atoms with van der Waals surface area (Å²) in [5.74, 6) is 0.624. The van der Waals surface area contributed by atoms with E-state index >= 15 is 0 Å². The number of rotatable bonds is 8. The topological polar surface area (TPSA) is 38.5 Å². The molecule has 0 aliphatic carbocycles. The average molecular weight is 335 g/mol. The van der Waals surface area contributed by atoms with E-state index in [1.165, 1.54) is 4.88 Å². The third-order valence-corrected chi connectivity index (χ3v) is 4.49. The molecule has 2 N–H and O–H groups in total. The molecule has 1 atom stereocenters. The largest absolute Gasteiger partial charge is 0.383 e. The van der Waals surface area contributed by atoms with E-state index in [4.69, 9.17) is 10.5 Å². The van der Waals surface area contributed by atoms with Crippen molar-refractivity contribution in [2.45, 2.75) is 19.9 Å². The second-order valence-electron chi connectivity index (χ2n) is 4.77. The molecule has 0 amide bonds. The second kappa shape index (κ2) is 8.27. The van der Waals surface area contributed by atoms with Crippen LogP contribution in [0.25, 0.3) is 0 Å². The maximum absolute atomic E-state index is 5.97. The van der Waals surface area contributed by atoms with Crippen molar-refractivity contribution in [2.24, 2.45) is 11.7 Å². The first-order valence-electron chi connectivity index (χ1n) is 6.26. The molecule has 1 heterocycles. The summed E-state index contributed by atoms with van der Waals surface area (Å²) in [5, 5.41) is 0. The van der Waals surface area contributed by atoms with Crippen molar-refractivity contribution in [3.05, 3.63) is 20.8 Å². The maximum atomic E-state index is 5.97. The van der Waals surface area contributed by atoms with Gasteiger partial charge in [-0.15, -0.1) is 11.3 Å². The Morgan fingerprint density at radius 3 is 2.61 bits per heavy atom. The van der Waals surface area contributed by atoms with Gasteiger partial charge in [-0.2, -0.15) is 0 Å². The molecule has 0 aromatic carbocycles. The Hall–Kier alpha value is 0.0600. The molecule has 1 aromatic rings. The highest BCUT2D eigenvalue weighted by Crippen LogP contribution is 2.30. The summed E-state index contributed by atoms with van der Waals surface area (Å²) in [6.45, 7) is 7.82. The normalized spacial score (nSPS) is 13.5. The first-order valence-corrected chi connectivity index (χ1v) is 7.87. The van der Waals surface area contributed by atoms with Gasteiger partial charge in [-0.25, -0.2) is 0 Å². The lowest BCUT2D eigenvalue weighted by molar-refractivity contribution is 0.113. The summed E-state index contributed by atoms with van der Waals surface area (Å²) in [6, 6.07) is 4.54. The monoisotopic (exact) mass is 334 g/mol. The first-order chi connectivity index (χ1) is 8.58. The number of nitrogens with two attached hydrogens (primary N) is 1. The highest BCUT2D eigenvalue weighted by Gasteiger charge is 2.21. The zero-order chi connectivity index (χ0) is 13.5. The van der Waals surface area contributed by atoms with E-state index < -0.39 is 0 Å². The molecule has 104 valence electrons. The number of hydrogen-bond acceptors (Lipinski definition) is 4. The van der Waals surface area contributed by atoms with Crippen LogP contribution >= 0.6 is 27.3 Å². The van der Waals surface area contributed by atoms with Crippen LogP contribution in [-0.4, -0.2) is 38.3 Å². The molecule has 0 radical (unpaired) electrons. The van der Waals surface area contributed by atoms with E-state index in [9.17, 15) is 0 Å². The van der Waals surface area contributed by atoms with Gasteiger partial charge in [-0.05, 0) is 34.0 Å². The molecular weight excluding hydrogens is 312 g/mol. The molecule has 1 aromatic heterocycles. The standard InChI is InChI=1S/C13H23BrN2OS/c1-10(2)9-16(6-7-17-3)11(8-15)12-4-5-13(14)18-12/h4-5,10-11H,6-9,15H2,1-3H3. The van der Waals surface area contributed by atoms with E-state index in [0.717, 1.165) is 23.5 Å². The lowest BCUT2D eigenvalue weighted by Gasteiger charge is -2.31. The third-order valence-electron chi connectivity index (χ3n) is 2.77. The summed E-state index contributed by atoms with van der Waals surface area (Å²) in [5.41, 5.74) is 5.97. The fourth-order valence-corrected chi connectivity index (χ4v) is 3.58. The summed E-state index contributed by atoms with van der Waals surface area (Å²) in [6.07, 6.45) is 0. The van der Waals surface area contributed by atoms with Gasteiger partial charge in [-0.1, -0.05) is 13.8 Å². The van der Waals surface area contributed by atoms with Crippen molar-refractivity contribution < 1.29 is 4.74 Å². The average Bonchev–Trinajstić information content (AvgIpc) is 2.72. The number of ether oxygens (including phenoxy) is 1. The molecule has 0 fully saturated rings. The molecule has 0 saturated heterocycles. The van der Waals surface area contributed by atoms with Gasteiger partial charge in [0.1, 0.15) is 0 Å². The van der Waals surface area contributed by atoms with E-state index in [-0.39, 0.29) is 0 Å². The number of hydrogen-bond donors (Lipinski definition) is 1. The Bertz CT molecular complexity index is 343. The summed E-state index contributed by atoms with van der Waals surface area (Å²) in [4.78, 5) is 3.74. The number of thiophene rings is 1. The van der Waals surface area contributed by atoms with Gasteiger partial charge in [0, 0.05) is 31.6 Å². The molecule has 0 aliphatic rings. The van der Waals surface area contributed by atoms with Crippen molar-refractivity contribution in [1.82, 2.24) is 4.90 Å². The van der Waals surface area contributed by atoms with Crippen LogP contribution in [-0.2, 0) is 4.74 Å². The molecule has 18 heavy (non-hydrogen) atoms. The van der Waals surface area contributed by atoms with Crippen molar-refractivity contribution in [1.29, 1.82) is 0 Å². The Balaban J connectivity index is 2.78. The molecule has 3 nitrogen and oxygen atoms in total. The lowest BCUT2D eigenvalue weighted by Crippen LogP contribution is -2.38. The summed E-state index contributed by atoms with van der Waals surface area (Å²) >= 11 is 5.28. The minimum atomic E-state index is 0.291. The molecule has 1 unspecified atom stereocenters. The van der Waals surface area contributed by atoms with Gasteiger partial charge in [0.15, 0.2) is 0 Å². The zero-order valence-corrected chi connectivity index (χ0v) is 13.8. The third kappa shape index (κ3) is 4.97. The van der Waals surface area contributed by atoms with Gasteiger partial charge < -0.3 is 10.5 Å². The Kier molecular flexibility index (Phi) is 7.41. The predicted octanol–water partition coefficient (Wildman–Crippen LogP) is 3.11. The van der Waals surface area contributed by atoms with E-state index in [0.29, 0.717) is 18.5 Å². The van der Waals surface area contributed by atoms with Crippen molar-refractivity contribution in [2.75, 3.05) is 33.4 Å². The fourth-order valence-electron chi connectivity index (χ4n) is 2.00. The van der Waals surface area contributed by atoms with Crippen LogP contribution in [0.4, 0.5) is 0 Å². The van der Waals surface area contributed by atoms with Crippen LogP contribution in [0.15, 0.2) is 15.9 Å². The maximum Gasteiger partial charge on any atom is 0.0702 e. The van der Waals surface area contributed by atoms with Crippen LogP contribution in [0.5, 0.6) is 0 Å². The Morgan fingerprint density at radius 2 is 2.17 bits per heavy atom. The number of methoxy groups -OCH3 is 1. The minimum Gasteiger partial charge on any atom is -0.383 e. The van der Waals surface area contributed by atoms with Crippen molar-refractivity contribution in [3.8, 4) is 0 Å². The smallest absolute Gasteiger partial charge is 0.0702 e. The van der Waals surface area contributed by atoms with E-state index in [1.54, 1.807) is 18.4 Å². The predicted molar refractivity (Wildman–Crippen MR) is 82.1 cm³/mol. The number of halogens is 1. The molecule has 5 heteroatoms. The van der Waals surface area contributed by atoms with E-state index in [1.807, 2.05) is 0 Å². The van der Waals surface area contributed by atoms with Crippen molar-refractivity contribution in [3.63, 3.8) is 0 Å². The Morgan fingerprint density at radius 1 is 1.44 bits per heavy atom. The molecular formula is C13H23BrN2OS. The molecule has 0 saturated carbocycles. The van der Waals surface area contributed by atoms with Crippen LogP contribution in [0.1, 0.15) is 24.8 Å². The summed E-state index contributed by atoms with van der Waals surface area (Å²) in [7, 11) is 1.74. The quantitative estimate of drug-likeness (QED) is 0.793. The van der Waals surface area contributed by atoms with Crippen LogP contribution in [0.2, 0.25) is 0 Å². The number of nitrogens with zero attached hydrogens (tertiary/aromatic N) is 1. The van der Waals surface area contributed by atoms with Crippen LogP contribution in [0, 0.1) is 5.92 Å². The molecule has 0 bridgehead atoms. The molecule has 0 aliphatic heterocycles. The Labute approximate surface area is 122 Å². The van der Waals surface area contributed by atoms with Crippen LogP contribution < -0.4 is 5.73 Å². The van der Waals surface area contributed by atoms with Crippen molar-refractivity contribution >= 4 is 27.3 Å². The minimum absolute atomic E-state index is 0.291. The molecule has 1 rings (SSSR count). The lowest BCUT2D eigenvalue weighted by atomic mass is 10.1. The van der Waals surface area contributed by atoms with Gasteiger partial charge in [0.2, 0.25) is 0 Å².